The summed E-state index contributed by atoms with van der Waals surface area (Å²) in [5, 5.41) is 0.423. The lowest BCUT2D eigenvalue weighted by Gasteiger charge is -2.33. The average Bonchev–Trinajstić information content (AvgIpc) is 2.60. The van der Waals surface area contributed by atoms with Crippen LogP contribution in [0.15, 0.2) is 39.5 Å². The normalized spacial score (nSPS) is 18.0. The molecule has 3 rings (SSSR count). The topological polar surface area (TPSA) is 76.8 Å². The first-order chi connectivity index (χ1) is 11.1. The first-order valence-corrected chi connectivity index (χ1v) is 7.53. The molecule has 1 amide bonds. The highest BCUT2D eigenvalue weighted by atomic mass is 16.5. The average molecular weight is 315 g/mol. The van der Waals surface area contributed by atoms with Gasteiger partial charge in [0.05, 0.1) is 12.5 Å². The van der Waals surface area contributed by atoms with Crippen molar-refractivity contribution in [3.63, 3.8) is 0 Å². The molecule has 1 atom stereocenters. The van der Waals surface area contributed by atoms with E-state index in [0.717, 1.165) is 12.8 Å². The van der Waals surface area contributed by atoms with Gasteiger partial charge in [-0.15, -0.1) is 0 Å². The molecule has 1 aliphatic rings. The van der Waals surface area contributed by atoms with E-state index in [-0.39, 0.29) is 11.2 Å². The van der Waals surface area contributed by atoms with E-state index < -0.39 is 17.9 Å². The molecule has 120 valence electrons. The number of ether oxygens (including phenoxy) is 1. The van der Waals surface area contributed by atoms with Crippen LogP contribution in [-0.4, -0.2) is 36.5 Å². The number of nitrogens with zero attached hydrogens (tertiary/aromatic N) is 1. The molecule has 6 heteroatoms. The molecule has 1 saturated heterocycles. The molecule has 2 aromatic rings. The van der Waals surface area contributed by atoms with Crippen LogP contribution in [0.4, 0.5) is 0 Å². The minimum absolute atomic E-state index is 0.0514. The third kappa shape index (κ3) is 2.84. The predicted molar refractivity (Wildman–Crippen MR) is 83.2 cm³/mol. The van der Waals surface area contributed by atoms with E-state index in [1.54, 1.807) is 24.3 Å². The maximum absolute atomic E-state index is 12.7. The Morgan fingerprint density at radius 3 is 2.83 bits per heavy atom. The van der Waals surface area contributed by atoms with Crippen LogP contribution in [0.25, 0.3) is 11.0 Å². The van der Waals surface area contributed by atoms with Crippen LogP contribution in [0, 0.1) is 0 Å². The Bertz CT molecular complexity index is 810. The van der Waals surface area contributed by atoms with Gasteiger partial charge in [0, 0.05) is 12.6 Å². The van der Waals surface area contributed by atoms with Crippen LogP contribution in [-0.2, 0) is 9.53 Å². The summed E-state index contributed by atoms with van der Waals surface area (Å²) in [5.41, 5.74) is 0.0804. The van der Waals surface area contributed by atoms with Crippen LogP contribution in [0.2, 0.25) is 0 Å². The Labute approximate surface area is 132 Å². The molecule has 1 fully saturated rings. The van der Waals surface area contributed by atoms with Crippen molar-refractivity contribution < 1.29 is 18.7 Å². The van der Waals surface area contributed by atoms with Crippen LogP contribution in [0.1, 0.15) is 29.8 Å². The fraction of sp³-hybridized carbons (Fsp3) is 0.353. The number of carbonyl (C=O) groups excluding carboxylic acids is 2. The smallest absolute Gasteiger partial charge is 0.328 e. The SMILES string of the molecule is COC(=O)C1CCCCN1C(=O)c1cc(=O)c2ccccc2o1. The van der Waals surface area contributed by atoms with E-state index in [1.165, 1.54) is 18.1 Å². The number of methoxy groups -OCH3 is 1. The van der Waals surface area contributed by atoms with Crippen molar-refractivity contribution in [1.29, 1.82) is 0 Å². The number of esters is 1. The second-order valence-corrected chi connectivity index (χ2v) is 5.50. The summed E-state index contributed by atoms with van der Waals surface area (Å²) < 4.78 is 10.4. The van der Waals surface area contributed by atoms with Gasteiger partial charge in [0.1, 0.15) is 11.6 Å². The van der Waals surface area contributed by atoms with Crippen molar-refractivity contribution in [2.45, 2.75) is 25.3 Å². The van der Waals surface area contributed by atoms with Gasteiger partial charge in [-0.25, -0.2) is 4.79 Å². The molecule has 6 nitrogen and oxygen atoms in total. The molecule has 0 radical (unpaired) electrons. The van der Waals surface area contributed by atoms with Gasteiger partial charge in [0.25, 0.3) is 5.91 Å². The number of likely N-dealkylation sites (tertiary alicyclic amines) is 1. The van der Waals surface area contributed by atoms with Crippen molar-refractivity contribution >= 4 is 22.8 Å². The lowest BCUT2D eigenvalue weighted by Crippen LogP contribution is -2.48. The van der Waals surface area contributed by atoms with E-state index in [2.05, 4.69) is 0 Å². The minimum Gasteiger partial charge on any atom is -0.467 e. The number of amides is 1. The lowest BCUT2D eigenvalue weighted by molar-refractivity contribution is -0.147. The summed E-state index contributed by atoms with van der Waals surface area (Å²) in [7, 11) is 1.30. The van der Waals surface area contributed by atoms with Crippen molar-refractivity contribution in [2.75, 3.05) is 13.7 Å². The third-order valence-electron chi connectivity index (χ3n) is 4.08. The maximum atomic E-state index is 12.7. The number of fused-ring (bicyclic) bond motifs is 1. The molecule has 1 aromatic carbocycles. The summed E-state index contributed by atoms with van der Waals surface area (Å²) in [6.45, 7) is 0.440. The van der Waals surface area contributed by atoms with E-state index in [1.807, 2.05) is 0 Å². The number of hydrogen-bond donors (Lipinski definition) is 0. The monoisotopic (exact) mass is 315 g/mol. The molecule has 23 heavy (non-hydrogen) atoms. The van der Waals surface area contributed by atoms with Gasteiger partial charge in [-0.1, -0.05) is 12.1 Å². The van der Waals surface area contributed by atoms with Crippen molar-refractivity contribution in [2.24, 2.45) is 0 Å². The Morgan fingerprint density at radius 2 is 2.04 bits per heavy atom. The number of para-hydroxylation sites is 1. The zero-order valence-electron chi connectivity index (χ0n) is 12.8. The van der Waals surface area contributed by atoms with Gasteiger partial charge < -0.3 is 14.1 Å². The van der Waals surface area contributed by atoms with Gasteiger partial charge in [0.2, 0.25) is 0 Å². The van der Waals surface area contributed by atoms with Gasteiger partial charge in [0.15, 0.2) is 11.2 Å². The number of carbonyl (C=O) groups is 2. The Hall–Kier alpha value is -2.63. The fourth-order valence-electron chi connectivity index (χ4n) is 2.91. The van der Waals surface area contributed by atoms with Crippen LogP contribution in [0.5, 0.6) is 0 Å². The lowest BCUT2D eigenvalue weighted by atomic mass is 10.0. The Balaban J connectivity index is 1.98. The van der Waals surface area contributed by atoms with Crippen LogP contribution >= 0.6 is 0 Å². The van der Waals surface area contributed by atoms with Gasteiger partial charge in [-0.05, 0) is 31.4 Å². The summed E-state index contributed by atoms with van der Waals surface area (Å²) in [5.74, 6) is -0.950. The van der Waals surface area contributed by atoms with Crippen molar-refractivity contribution in [3.05, 3.63) is 46.3 Å². The second-order valence-electron chi connectivity index (χ2n) is 5.50. The Morgan fingerprint density at radius 1 is 1.26 bits per heavy atom. The van der Waals surface area contributed by atoms with Crippen molar-refractivity contribution in [1.82, 2.24) is 4.90 Å². The van der Waals surface area contributed by atoms with E-state index in [4.69, 9.17) is 9.15 Å². The largest absolute Gasteiger partial charge is 0.467 e. The summed E-state index contributed by atoms with van der Waals surface area (Å²) in [6, 6.07) is 7.32. The molecule has 1 unspecified atom stereocenters. The van der Waals surface area contributed by atoms with E-state index >= 15 is 0 Å². The van der Waals surface area contributed by atoms with Gasteiger partial charge in [-0.2, -0.15) is 0 Å². The van der Waals surface area contributed by atoms with E-state index in [9.17, 15) is 14.4 Å². The highest BCUT2D eigenvalue weighted by Gasteiger charge is 2.34. The summed E-state index contributed by atoms with van der Waals surface area (Å²) in [4.78, 5) is 38.2. The second kappa shape index (κ2) is 6.24. The van der Waals surface area contributed by atoms with Crippen LogP contribution in [0.3, 0.4) is 0 Å². The first kappa shape index (κ1) is 15.3. The molecular formula is C17H17NO5. The Kier molecular flexibility index (Phi) is 4.14. The maximum Gasteiger partial charge on any atom is 0.328 e. The predicted octanol–water partition coefficient (Wildman–Crippen LogP) is 1.96. The minimum atomic E-state index is -0.627. The summed E-state index contributed by atoms with van der Waals surface area (Å²) in [6.07, 6.45) is 2.21. The first-order valence-electron chi connectivity index (χ1n) is 7.53. The quantitative estimate of drug-likeness (QED) is 0.792. The zero-order valence-corrected chi connectivity index (χ0v) is 12.8. The molecule has 1 aliphatic heterocycles. The number of rotatable bonds is 2. The molecule has 1 aromatic heterocycles. The highest BCUT2D eigenvalue weighted by molar-refractivity contribution is 5.95. The summed E-state index contributed by atoms with van der Waals surface area (Å²) >= 11 is 0. The molecule has 0 N–H and O–H groups in total. The molecule has 0 saturated carbocycles. The zero-order chi connectivity index (χ0) is 16.4. The standard InChI is InChI=1S/C17H17NO5/c1-22-17(21)12-7-4-5-9-18(12)16(20)15-10-13(19)11-6-2-3-8-14(11)23-15/h2-3,6,8,10,12H,4-5,7,9H2,1H3. The van der Waals surface area contributed by atoms with Crippen LogP contribution < -0.4 is 5.43 Å². The van der Waals surface area contributed by atoms with E-state index in [0.29, 0.717) is 23.9 Å². The third-order valence-corrected chi connectivity index (χ3v) is 4.08. The van der Waals surface area contributed by atoms with Gasteiger partial charge >= 0.3 is 5.97 Å². The fourth-order valence-corrected chi connectivity index (χ4v) is 2.91. The number of hydrogen-bond acceptors (Lipinski definition) is 5. The number of piperidine rings is 1. The molecule has 0 aliphatic carbocycles. The molecular weight excluding hydrogens is 298 g/mol. The van der Waals surface area contributed by atoms with Crippen molar-refractivity contribution in [3.8, 4) is 0 Å². The molecule has 2 heterocycles. The van der Waals surface area contributed by atoms with Gasteiger partial charge in [-0.3, -0.25) is 9.59 Å². The molecule has 0 spiro atoms. The highest BCUT2D eigenvalue weighted by Crippen LogP contribution is 2.21. The molecule has 0 bridgehead atoms. The number of benzene rings is 1.